The number of hydrogen-bond acceptors (Lipinski definition) is 2. The molecule has 0 saturated heterocycles. The Labute approximate surface area is 105 Å². The van der Waals surface area contributed by atoms with E-state index in [1.165, 1.54) is 24.8 Å². The quantitative estimate of drug-likeness (QED) is 0.862. The molecule has 3 unspecified atom stereocenters. The van der Waals surface area contributed by atoms with E-state index >= 15 is 0 Å². The Morgan fingerprint density at radius 1 is 1.12 bits per heavy atom. The van der Waals surface area contributed by atoms with E-state index in [1.807, 2.05) is 12.4 Å². The molecular weight excluding hydrogens is 208 g/mol. The molecule has 0 bridgehead atoms. The lowest BCUT2D eigenvalue weighted by Crippen LogP contribution is -2.37. The molecular formula is C15H24N2. The van der Waals surface area contributed by atoms with Crippen molar-refractivity contribution in [3.05, 3.63) is 30.1 Å². The predicted octanol–water partition coefficient (Wildman–Crippen LogP) is 3.56. The normalized spacial score (nSPS) is 31.1. The van der Waals surface area contributed by atoms with E-state index in [0.717, 1.165) is 11.8 Å². The highest BCUT2D eigenvalue weighted by Gasteiger charge is 2.24. The average Bonchev–Trinajstić information content (AvgIpc) is 2.28. The van der Waals surface area contributed by atoms with Gasteiger partial charge in [-0.3, -0.25) is 4.98 Å². The second kappa shape index (κ2) is 5.63. The summed E-state index contributed by atoms with van der Waals surface area (Å²) in [6, 6.07) is 5.32. The van der Waals surface area contributed by atoms with Gasteiger partial charge in [0, 0.05) is 24.5 Å². The van der Waals surface area contributed by atoms with Gasteiger partial charge in [-0.05, 0) is 55.7 Å². The number of hydrogen-bond donors (Lipinski definition) is 1. The van der Waals surface area contributed by atoms with Crippen molar-refractivity contribution in [2.45, 2.75) is 52.1 Å². The molecule has 1 heterocycles. The van der Waals surface area contributed by atoms with Crippen molar-refractivity contribution in [2.75, 3.05) is 0 Å². The van der Waals surface area contributed by atoms with E-state index in [9.17, 15) is 0 Å². The van der Waals surface area contributed by atoms with Crippen LogP contribution in [0.5, 0.6) is 0 Å². The van der Waals surface area contributed by atoms with Crippen LogP contribution in [0.4, 0.5) is 0 Å². The van der Waals surface area contributed by atoms with Gasteiger partial charge in [0.25, 0.3) is 0 Å². The smallest absolute Gasteiger partial charge is 0.0295 e. The van der Waals surface area contributed by atoms with Crippen LogP contribution in [-0.4, -0.2) is 11.0 Å². The van der Waals surface area contributed by atoms with Gasteiger partial charge in [-0.2, -0.15) is 0 Å². The lowest BCUT2D eigenvalue weighted by molar-refractivity contribution is 0.228. The second-order valence-electron chi connectivity index (χ2n) is 5.78. The summed E-state index contributed by atoms with van der Waals surface area (Å²) < 4.78 is 0. The van der Waals surface area contributed by atoms with Crippen LogP contribution >= 0.6 is 0 Å². The molecule has 94 valence electrons. The zero-order valence-corrected chi connectivity index (χ0v) is 11.2. The van der Waals surface area contributed by atoms with Crippen LogP contribution in [-0.2, 0) is 0 Å². The molecule has 2 heteroatoms. The zero-order valence-electron chi connectivity index (χ0n) is 11.2. The largest absolute Gasteiger partial charge is 0.307 e. The van der Waals surface area contributed by atoms with E-state index in [4.69, 9.17) is 0 Å². The maximum absolute atomic E-state index is 4.07. The van der Waals surface area contributed by atoms with Crippen molar-refractivity contribution < 1.29 is 0 Å². The minimum absolute atomic E-state index is 0.431. The second-order valence-corrected chi connectivity index (χ2v) is 5.78. The van der Waals surface area contributed by atoms with Gasteiger partial charge in [-0.1, -0.05) is 13.8 Å². The van der Waals surface area contributed by atoms with Gasteiger partial charge in [0.2, 0.25) is 0 Å². The molecule has 1 saturated carbocycles. The number of rotatable bonds is 3. The molecule has 1 aromatic heterocycles. The van der Waals surface area contributed by atoms with E-state index in [0.29, 0.717) is 12.1 Å². The first-order valence-corrected chi connectivity index (χ1v) is 6.81. The summed E-state index contributed by atoms with van der Waals surface area (Å²) in [5.74, 6) is 1.72. The van der Waals surface area contributed by atoms with Crippen LogP contribution < -0.4 is 5.32 Å². The summed E-state index contributed by atoms with van der Waals surface area (Å²) in [5, 5.41) is 3.77. The van der Waals surface area contributed by atoms with Crippen molar-refractivity contribution in [3.63, 3.8) is 0 Å². The molecule has 0 amide bonds. The van der Waals surface area contributed by atoms with Gasteiger partial charge in [-0.25, -0.2) is 0 Å². The molecule has 17 heavy (non-hydrogen) atoms. The number of aromatic nitrogens is 1. The highest BCUT2D eigenvalue weighted by molar-refractivity contribution is 5.14. The Bertz CT molecular complexity index is 326. The van der Waals surface area contributed by atoms with Gasteiger partial charge < -0.3 is 5.32 Å². The van der Waals surface area contributed by atoms with Crippen LogP contribution in [0.2, 0.25) is 0 Å². The van der Waals surface area contributed by atoms with Gasteiger partial charge in [-0.15, -0.1) is 0 Å². The predicted molar refractivity (Wildman–Crippen MR) is 71.8 cm³/mol. The average molecular weight is 232 g/mol. The zero-order chi connectivity index (χ0) is 12.3. The molecule has 1 aliphatic carbocycles. The molecule has 1 N–H and O–H groups in total. The van der Waals surface area contributed by atoms with E-state index in [-0.39, 0.29) is 0 Å². The van der Waals surface area contributed by atoms with Crippen molar-refractivity contribution in [1.29, 1.82) is 0 Å². The van der Waals surface area contributed by atoms with E-state index < -0.39 is 0 Å². The Morgan fingerprint density at radius 2 is 1.71 bits per heavy atom. The lowest BCUT2D eigenvalue weighted by atomic mass is 9.80. The standard InChI is InChI=1S/C15H24N2/c1-11-8-12(2)10-15(9-11)17-13(3)14-4-6-16-7-5-14/h4-7,11-13,15,17H,8-10H2,1-3H3. The number of pyridine rings is 1. The Kier molecular flexibility index (Phi) is 4.16. The van der Waals surface area contributed by atoms with Crippen molar-refractivity contribution >= 4 is 0 Å². The Morgan fingerprint density at radius 3 is 2.29 bits per heavy atom. The molecule has 1 fully saturated rings. The highest BCUT2D eigenvalue weighted by atomic mass is 14.9. The fourth-order valence-electron chi connectivity index (χ4n) is 3.18. The number of nitrogens with zero attached hydrogens (tertiary/aromatic N) is 1. The molecule has 0 radical (unpaired) electrons. The fourth-order valence-corrected chi connectivity index (χ4v) is 3.18. The van der Waals surface area contributed by atoms with E-state index in [1.54, 1.807) is 0 Å². The molecule has 0 aliphatic heterocycles. The molecule has 3 atom stereocenters. The topological polar surface area (TPSA) is 24.9 Å². The third-order valence-electron chi connectivity index (χ3n) is 3.87. The first kappa shape index (κ1) is 12.6. The summed E-state index contributed by atoms with van der Waals surface area (Å²) in [7, 11) is 0. The SMILES string of the molecule is CC1CC(C)CC(NC(C)c2ccncc2)C1. The maximum atomic E-state index is 4.07. The fraction of sp³-hybridized carbons (Fsp3) is 0.667. The maximum Gasteiger partial charge on any atom is 0.0295 e. The first-order chi connectivity index (χ1) is 8.15. The summed E-state index contributed by atoms with van der Waals surface area (Å²) in [6.07, 6.45) is 7.78. The minimum atomic E-state index is 0.431. The first-order valence-electron chi connectivity index (χ1n) is 6.81. The molecule has 1 aromatic rings. The van der Waals surface area contributed by atoms with Gasteiger partial charge in [0.1, 0.15) is 0 Å². The molecule has 1 aliphatic rings. The lowest BCUT2D eigenvalue weighted by Gasteiger charge is -2.34. The van der Waals surface area contributed by atoms with Crippen LogP contribution in [0.3, 0.4) is 0 Å². The van der Waals surface area contributed by atoms with Crippen molar-refractivity contribution in [1.82, 2.24) is 10.3 Å². The van der Waals surface area contributed by atoms with Crippen molar-refractivity contribution in [3.8, 4) is 0 Å². The van der Waals surface area contributed by atoms with E-state index in [2.05, 4.69) is 43.2 Å². The highest BCUT2D eigenvalue weighted by Crippen LogP contribution is 2.29. The molecule has 0 aromatic carbocycles. The molecule has 2 rings (SSSR count). The third kappa shape index (κ3) is 3.53. The third-order valence-corrected chi connectivity index (χ3v) is 3.87. The summed E-state index contributed by atoms with van der Waals surface area (Å²) in [4.78, 5) is 4.07. The van der Waals surface area contributed by atoms with Crippen molar-refractivity contribution in [2.24, 2.45) is 11.8 Å². The monoisotopic (exact) mass is 232 g/mol. The minimum Gasteiger partial charge on any atom is -0.307 e. The van der Waals surface area contributed by atoms with Gasteiger partial charge in [0.05, 0.1) is 0 Å². The van der Waals surface area contributed by atoms with Crippen LogP contribution in [0.15, 0.2) is 24.5 Å². The van der Waals surface area contributed by atoms with Gasteiger partial charge in [0.15, 0.2) is 0 Å². The Hall–Kier alpha value is -0.890. The van der Waals surface area contributed by atoms with Crippen LogP contribution in [0.1, 0.15) is 51.6 Å². The van der Waals surface area contributed by atoms with Crippen LogP contribution in [0, 0.1) is 11.8 Å². The molecule has 0 spiro atoms. The van der Waals surface area contributed by atoms with Gasteiger partial charge >= 0.3 is 0 Å². The summed E-state index contributed by atoms with van der Waals surface area (Å²) in [6.45, 7) is 7.00. The van der Waals surface area contributed by atoms with Crippen LogP contribution in [0.25, 0.3) is 0 Å². The number of nitrogens with one attached hydrogen (secondary N) is 1. The molecule has 2 nitrogen and oxygen atoms in total. The Balaban J connectivity index is 1.92. The summed E-state index contributed by atoms with van der Waals surface area (Å²) in [5.41, 5.74) is 1.34. The summed E-state index contributed by atoms with van der Waals surface area (Å²) >= 11 is 0.